The van der Waals surface area contributed by atoms with E-state index in [0.29, 0.717) is 0 Å². The quantitative estimate of drug-likeness (QED) is 0.536. The average molecular weight is 164 g/mol. The maximum atomic E-state index is 11.7. The summed E-state index contributed by atoms with van der Waals surface area (Å²) >= 11 is 0. The minimum Gasteiger partial charge on any atom is -0.345 e. The predicted octanol–water partition coefficient (Wildman–Crippen LogP) is -0.743. The molecule has 2 amide bonds. The average Bonchev–Trinajstić information content (AvgIpc) is 2.19. The molecular formula is C7H12N2O2. The Labute approximate surface area is 76.6 Å². The zero-order valence-corrected chi connectivity index (χ0v) is 5.52. The minimum atomic E-state index is -3.49. The first-order chi connectivity index (χ1) is 8.27. The van der Waals surface area contributed by atoms with Crippen molar-refractivity contribution in [2.75, 3.05) is 6.54 Å². The Kier molecular flexibility index (Phi) is 0.651. The van der Waals surface area contributed by atoms with E-state index in [1.165, 1.54) is 0 Å². The number of amides is 2. The molecule has 1 aliphatic rings. The van der Waals surface area contributed by atoms with E-state index in [9.17, 15) is 9.59 Å². The summed E-state index contributed by atoms with van der Waals surface area (Å²) in [5, 5.41) is 3.62. The van der Waals surface area contributed by atoms with Crippen LogP contribution in [0.3, 0.4) is 0 Å². The monoisotopic (exact) mass is 164 g/mol. The molecule has 0 aliphatic carbocycles. The molecule has 1 aliphatic heterocycles. The van der Waals surface area contributed by atoms with E-state index in [4.69, 9.17) is 11.0 Å². The van der Waals surface area contributed by atoms with Crippen LogP contribution < -0.4 is 10.6 Å². The van der Waals surface area contributed by atoms with Gasteiger partial charge in [0.1, 0.15) is 6.02 Å². The predicted molar refractivity (Wildman–Crippen MR) is 39.8 cm³/mol. The maximum Gasteiger partial charge on any atom is 0.243 e. The highest BCUT2D eigenvalue weighted by molar-refractivity contribution is 5.94. The molecule has 0 bridgehead atoms. The Balaban J connectivity index is 3.48. The van der Waals surface area contributed by atoms with Gasteiger partial charge < -0.3 is 10.6 Å². The summed E-state index contributed by atoms with van der Waals surface area (Å²) in [5.41, 5.74) is 0. The number of hydrogen-bond acceptors (Lipinski definition) is 2. The molecule has 62 valence electrons. The molecule has 1 fully saturated rings. The van der Waals surface area contributed by atoms with Crippen molar-refractivity contribution in [2.24, 2.45) is 5.89 Å². The third kappa shape index (κ3) is 1.69. The molecule has 2 N–H and O–H groups in total. The lowest BCUT2D eigenvalue weighted by Gasteiger charge is -2.25. The van der Waals surface area contributed by atoms with Crippen molar-refractivity contribution in [1.82, 2.24) is 10.6 Å². The van der Waals surface area contributed by atoms with Crippen LogP contribution >= 0.6 is 0 Å². The third-order valence-corrected chi connectivity index (χ3v) is 1.15. The van der Waals surface area contributed by atoms with Gasteiger partial charge in [0, 0.05) is 9.60 Å². The van der Waals surface area contributed by atoms with E-state index in [1.54, 1.807) is 5.32 Å². The van der Waals surface area contributed by atoms with Gasteiger partial charge in [0.05, 0.1) is 7.92 Å². The van der Waals surface area contributed by atoms with E-state index in [-0.39, 0.29) is 0 Å². The van der Waals surface area contributed by atoms with Crippen molar-refractivity contribution < 1.29 is 20.6 Å². The van der Waals surface area contributed by atoms with Crippen LogP contribution in [0.4, 0.5) is 0 Å². The third-order valence-electron chi connectivity index (χ3n) is 1.15. The van der Waals surface area contributed by atoms with Gasteiger partial charge in [-0.3, -0.25) is 9.59 Å². The first kappa shape index (κ1) is 2.47. The van der Waals surface area contributed by atoms with Crippen LogP contribution in [0.25, 0.3) is 0 Å². The lowest BCUT2D eigenvalue weighted by atomic mass is 10.0. The lowest BCUT2D eigenvalue weighted by molar-refractivity contribution is -0.134. The van der Waals surface area contributed by atoms with Gasteiger partial charge in [-0.15, -0.1) is 0 Å². The van der Waals surface area contributed by atoms with Gasteiger partial charge in [0.25, 0.3) is 0 Å². The van der Waals surface area contributed by atoms with Crippen molar-refractivity contribution in [3.8, 4) is 0 Å². The van der Waals surface area contributed by atoms with Gasteiger partial charge >= 0.3 is 0 Å². The first-order valence-corrected chi connectivity index (χ1v) is 2.87. The van der Waals surface area contributed by atoms with Crippen molar-refractivity contribution in [3.63, 3.8) is 0 Å². The summed E-state index contributed by atoms with van der Waals surface area (Å²) < 4.78 is 58.7. The molecule has 0 radical (unpaired) electrons. The van der Waals surface area contributed by atoms with Gasteiger partial charge in [0.15, 0.2) is 0 Å². The molecule has 1 atom stereocenters. The van der Waals surface area contributed by atoms with E-state index in [2.05, 4.69) is 0 Å². The summed E-state index contributed by atoms with van der Waals surface area (Å²) in [6.45, 7) is -7.47. The fourth-order valence-electron chi connectivity index (χ4n) is 0.665. The van der Waals surface area contributed by atoms with Crippen LogP contribution in [0, 0.1) is 5.89 Å². The highest BCUT2D eigenvalue weighted by atomic mass is 16.2. The van der Waals surface area contributed by atoms with E-state index in [1.807, 2.05) is 5.32 Å². The molecule has 0 aromatic heterocycles. The minimum absolute atomic E-state index is 0.502. The maximum absolute atomic E-state index is 11.7. The molecule has 0 saturated carbocycles. The van der Waals surface area contributed by atoms with Gasteiger partial charge in [-0.05, 0) is 5.89 Å². The smallest absolute Gasteiger partial charge is 0.243 e. The summed E-state index contributed by atoms with van der Waals surface area (Å²) in [4.78, 5) is 22.9. The van der Waals surface area contributed by atoms with Crippen LogP contribution in [0.5, 0.6) is 0 Å². The molecule has 0 aromatic carbocycles. The highest BCUT2D eigenvalue weighted by Crippen LogP contribution is 2.03. The van der Waals surface area contributed by atoms with Crippen LogP contribution in [0.15, 0.2) is 0 Å². The number of nitrogens with one attached hydrogen (secondary N) is 2. The zero-order valence-electron chi connectivity index (χ0n) is 13.5. The molecule has 1 heterocycles. The number of carbonyl (C=O) groups is 2. The number of piperazine rings is 1. The number of carbonyl (C=O) groups excluding carboxylic acids is 2. The SMILES string of the molecule is [2H]C([2H])([2H])C([2H])(C([2H])([2H])[2H])[C@@]1([2H])NC(=O)CNC1=O. The van der Waals surface area contributed by atoms with Gasteiger partial charge in [-0.1, -0.05) is 13.7 Å². The molecule has 4 nitrogen and oxygen atoms in total. The van der Waals surface area contributed by atoms with Gasteiger partial charge in [-0.25, -0.2) is 0 Å². The Bertz CT molecular complexity index is 402. The number of hydrogen-bond donors (Lipinski definition) is 2. The molecule has 0 unspecified atom stereocenters. The van der Waals surface area contributed by atoms with Crippen LogP contribution in [-0.2, 0) is 9.59 Å². The Morgan fingerprint density at radius 1 is 1.82 bits per heavy atom. The molecule has 0 spiro atoms. The van der Waals surface area contributed by atoms with E-state index < -0.39 is 44.0 Å². The molecule has 1 rings (SSSR count). The second kappa shape index (κ2) is 2.90. The summed E-state index contributed by atoms with van der Waals surface area (Å²) in [6, 6.07) is -3.13. The van der Waals surface area contributed by atoms with Crippen molar-refractivity contribution in [2.45, 2.75) is 19.7 Å². The standard InChI is InChI=1S/C7H12N2O2/c1-4(2)6-7(11)8-3-5(10)9-6/h4,6H,3H2,1-2H3,(H,8,11)(H,9,10)/t6-/m1/s1/i1D3,2D3,4D,6D. The van der Waals surface area contributed by atoms with Crippen LogP contribution in [-0.4, -0.2) is 24.4 Å². The van der Waals surface area contributed by atoms with E-state index in [0.717, 1.165) is 0 Å². The molecule has 1 saturated heterocycles. The fourth-order valence-corrected chi connectivity index (χ4v) is 0.665. The van der Waals surface area contributed by atoms with Gasteiger partial charge in [0.2, 0.25) is 11.8 Å². The first-order valence-electron chi connectivity index (χ1n) is 6.87. The topological polar surface area (TPSA) is 58.2 Å². The van der Waals surface area contributed by atoms with Crippen LogP contribution in [0.2, 0.25) is 0 Å². The normalized spacial score (nSPS) is 45.5. The summed E-state index contributed by atoms with van der Waals surface area (Å²) in [7, 11) is 0. The molecular weight excluding hydrogens is 144 g/mol. The summed E-state index contributed by atoms with van der Waals surface area (Å²) in [5.74, 6) is -5.76. The number of rotatable bonds is 1. The summed E-state index contributed by atoms with van der Waals surface area (Å²) in [6.07, 6.45) is 0. The molecule has 0 aromatic rings. The second-order valence-corrected chi connectivity index (χ2v) is 1.98. The Hall–Kier alpha value is -1.06. The highest BCUT2D eigenvalue weighted by Gasteiger charge is 2.27. The molecule has 4 heteroatoms. The second-order valence-electron chi connectivity index (χ2n) is 1.98. The van der Waals surface area contributed by atoms with Crippen molar-refractivity contribution >= 4 is 11.8 Å². The van der Waals surface area contributed by atoms with Crippen molar-refractivity contribution in [1.29, 1.82) is 0 Å². The molecule has 11 heavy (non-hydrogen) atoms. The largest absolute Gasteiger partial charge is 0.345 e. The van der Waals surface area contributed by atoms with Crippen molar-refractivity contribution in [3.05, 3.63) is 0 Å². The lowest BCUT2D eigenvalue weighted by Crippen LogP contribution is -2.58. The van der Waals surface area contributed by atoms with Gasteiger partial charge in [-0.2, -0.15) is 0 Å². The Morgan fingerprint density at radius 2 is 2.55 bits per heavy atom. The zero-order chi connectivity index (χ0) is 15.3. The van der Waals surface area contributed by atoms with E-state index >= 15 is 0 Å². The fraction of sp³-hybridized carbons (Fsp3) is 0.714. The van der Waals surface area contributed by atoms with Crippen LogP contribution in [0.1, 0.15) is 24.7 Å². The Morgan fingerprint density at radius 3 is 3.18 bits per heavy atom.